The summed E-state index contributed by atoms with van der Waals surface area (Å²) >= 11 is 1.94. The van der Waals surface area contributed by atoms with Crippen molar-refractivity contribution >= 4 is 17.4 Å². The van der Waals surface area contributed by atoms with E-state index in [1.165, 1.54) is 10.5 Å². The Hall–Kier alpha value is -0.870. The van der Waals surface area contributed by atoms with Gasteiger partial charge in [-0.2, -0.15) is 0 Å². The van der Waals surface area contributed by atoms with Gasteiger partial charge in [-0.3, -0.25) is 0 Å². The van der Waals surface area contributed by atoms with E-state index in [1.54, 1.807) is 7.11 Å². The molecule has 4 heteroatoms. The molecule has 0 aliphatic carbocycles. The third-order valence-corrected chi connectivity index (χ3v) is 4.78. The molecular formula is C13H20N2OS. The Morgan fingerprint density at radius 1 is 1.47 bits per heavy atom. The van der Waals surface area contributed by atoms with E-state index < -0.39 is 0 Å². The average Bonchev–Trinajstić information content (AvgIpc) is 2.32. The zero-order valence-electron chi connectivity index (χ0n) is 10.8. The number of rotatable bonds is 3. The summed E-state index contributed by atoms with van der Waals surface area (Å²) in [7, 11) is 3.73. The van der Waals surface area contributed by atoms with E-state index in [9.17, 15) is 0 Å². The molecule has 0 aromatic heterocycles. The van der Waals surface area contributed by atoms with Gasteiger partial charge in [0.25, 0.3) is 0 Å². The van der Waals surface area contributed by atoms with Gasteiger partial charge in [-0.25, -0.2) is 0 Å². The second-order valence-corrected chi connectivity index (χ2v) is 5.69. The van der Waals surface area contributed by atoms with Crippen LogP contribution in [0.4, 0.5) is 5.69 Å². The molecule has 1 heterocycles. The molecule has 2 unspecified atom stereocenters. The van der Waals surface area contributed by atoms with Gasteiger partial charge in [-0.15, -0.1) is 11.8 Å². The fourth-order valence-corrected chi connectivity index (χ4v) is 3.48. The third-order valence-electron chi connectivity index (χ3n) is 3.14. The lowest BCUT2D eigenvalue weighted by atomic mass is 10.1. The number of hydrogen-bond donors (Lipinski definition) is 2. The van der Waals surface area contributed by atoms with Gasteiger partial charge in [-0.1, -0.05) is 6.07 Å². The largest absolute Gasteiger partial charge is 0.495 e. The SMILES string of the molecule is CNCC1Sc2c(C)ccc(OC)c2NC1C. The predicted molar refractivity (Wildman–Crippen MR) is 74.4 cm³/mol. The first-order chi connectivity index (χ1) is 8.17. The highest BCUT2D eigenvalue weighted by Crippen LogP contribution is 2.44. The number of aryl methyl sites for hydroxylation is 1. The Morgan fingerprint density at radius 3 is 2.88 bits per heavy atom. The molecule has 0 amide bonds. The van der Waals surface area contributed by atoms with Crippen molar-refractivity contribution in [3.05, 3.63) is 17.7 Å². The Morgan fingerprint density at radius 2 is 2.24 bits per heavy atom. The monoisotopic (exact) mass is 252 g/mol. The summed E-state index contributed by atoms with van der Waals surface area (Å²) in [4.78, 5) is 1.32. The van der Waals surface area contributed by atoms with Crippen LogP contribution in [0.25, 0.3) is 0 Å². The predicted octanol–water partition coefficient (Wildman–Crippen LogP) is 2.50. The van der Waals surface area contributed by atoms with Gasteiger partial charge in [0.1, 0.15) is 5.75 Å². The number of methoxy groups -OCH3 is 1. The molecular weight excluding hydrogens is 232 g/mol. The van der Waals surface area contributed by atoms with Crippen molar-refractivity contribution in [2.24, 2.45) is 0 Å². The van der Waals surface area contributed by atoms with Crippen molar-refractivity contribution in [2.75, 3.05) is 26.0 Å². The summed E-state index contributed by atoms with van der Waals surface area (Å²) in [5.74, 6) is 0.938. The molecule has 0 spiro atoms. The van der Waals surface area contributed by atoms with Gasteiger partial charge in [0, 0.05) is 22.7 Å². The van der Waals surface area contributed by atoms with Gasteiger partial charge >= 0.3 is 0 Å². The van der Waals surface area contributed by atoms with Gasteiger partial charge < -0.3 is 15.4 Å². The van der Waals surface area contributed by atoms with Gasteiger partial charge in [0.15, 0.2) is 0 Å². The van der Waals surface area contributed by atoms with Crippen LogP contribution in [0.1, 0.15) is 12.5 Å². The number of hydrogen-bond acceptors (Lipinski definition) is 4. The lowest BCUT2D eigenvalue weighted by molar-refractivity contribution is 0.414. The summed E-state index contributed by atoms with van der Waals surface area (Å²) in [5.41, 5.74) is 2.46. The molecule has 2 N–H and O–H groups in total. The second-order valence-electron chi connectivity index (χ2n) is 4.44. The molecule has 2 atom stereocenters. The summed E-state index contributed by atoms with van der Waals surface area (Å²) in [6, 6.07) is 4.60. The number of anilines is 1. The maximum atomic E-state index is 5.42. The van der Waals surface area contributed by atoms with Gasteiger partial charge in [-0.05, 0) is 32.5 Å². The van der Waals surface area contributed by atoms with E-state index in [-0.39, 0.29) is 0 Å². The van der Waals surface area contributed by atoms with Crippen LogP contribution in [0.15, 0.2) is 17.0 Å². The number of thioether (sulfide) groups is 1. The highest BCUT2D eigenvalue weighted by molar-refractivity contribution is 8.00. The molecule has 94 valence electrons. The molecule has 1 aliphatic heterocycles. The minimum atomic E-state index is 0.440. The summed E-state index contributed by atoms with van der Waals surface area (Å²) in [6.45, 7) is 5.38. The molecule has 2 rings (SSSR count). The lowest BCUT2D eigenvalue weighted by Crippen LogP contribution is -2.38. The highest BCUT2D eigenvalue weighted by atomic mass is 32.2. The Balaban J connectivity index is 2.36. The maximum Gasteiger partial charge on any atom is 0.143 e. The Kier molecular flexibility index (Phi) is 3.84. The van der Waals surface area contributed by atoms with Crippen LogP contribution in [0, 0.1) is 6.92 Å². The van der Waals surface area contributed by atoms with E-state index in [0.29, 0.717) is 11.3 Å². The Bertz CT molecular complexity index is 409. The van der Waals surface area contributed by atoms with Crippen LogP contribution in [0.2, 0.25) is 0 Å². The zero-order valence-corrected chi connectivity index (χ0v) is 11.6. The molecule has 17 heavy (non-hydrogen) atoms. The molecule has 1 aromatic rings. The van der Waals surface area contributed by atoms with Crippen molar-refractivity contribution in [3.8, 4) is 5.75 Å². The molecule has 0 saturated heterocycles. The topological polar surface area (TPSA) is 33.3 Å². The average molecular weight is 252 g/mol. The molecule has 0 saturated carbocycles. The molecule has 1 aromatic carbocycles. The van der Waals surface area contributed by atoms with Crippen molar-refractivity contribution in [3.63, 3.8) is 0 Å². The fraction of sp³-hybridized carbons (Fsp3) is 0.538. The first-order valence-corrected chi connectivity index (χ1v) is 6.80. The fourth-order valence-electron chi connectivity index (χ4n) is 2.12. The van der Waals surface area contributed by atoms with Crippen LogP contribution in [-0.4, -0.2) is 32.0 Å². The highest BCUT2D eigenvalue weighted by Gasteiger charge is 2.28. The van der Waals surface area contributed by atoms with E-state index in [2.05, 4.69) is 30.5 Å². The minimum absolute atomic E-state index is 0.440. The molecule has 3 nitrogen and oxygen atoms in total. The lowest BCUT2D eigenvalue weighted by Gasteiger charge is -2.33. The quantitative estimate of drug-likeness (QED) is 0.866. The van der Waals surface area contributed by atoms with Crippen LogP contribution < -0.4 is 15.4 Å². The number of fused-ring (bicyclic) bond motifs is 1. The number of benzene rings is 1. The number of ether oxygens (including phenoxy) is 1. The van der Waals surface area contributed by atoms with Crippen LogP contribution in [0.3, 0.4) is 0 Å². The Labute approximate surface area is 107 Å². The van der Waals surface area contributed by atoms with Crippen LogP contribution in [0.5, 0.6) is 5.75 Å². The standard InChI is InChI=1S/C13H20N2OS/c1-8-5-6-10(16-4)12-13(8)17-11(7-14-3)9(2)15-12/h5-6,9,11,14-15H,7H2,1-4H3. The molecule has 1 aliphatic rings. The van der Waals surface area contributed by atoms with Crippen molar-refractivity contribution in [2.45, 2.75) is 30.0 Å². The molecule has 0 radical (unpaired) electrons. The maximum absolute atomic E-state index is 5.42. The number of nitrogens with one attached hydrogen (secondary N) is 2. The first-order valence-electron chi connectivity index (χ1n) is 5.92. The van der Waals surface area contributed by atoms with Crippen molar-refractivity contribution < 1.29 is 4.74 Å². The summed E-state index contributed by atoms with van der Waals surface area (Å²) < 4.78 is 5.42. The summed E-state index contributed by atoms with van der Waals surface area (Å²) in [6.07, 6.45) is 0. The smallest absolute Gasteiger partial charge is 0.143 e. The van der Waals surface area contributed by atoms with E-state index in [0.717, 1.165) is 18.0 Å². The molecule has 0 fully saturated rings. The van der Waals surface area contributed by atoms with Crippen molar-refractivity contribution in [1.29, 1.82) is 0 Å². The van der Waals surface area contributed by atoms with Crippen LogP contribution >= 0.6 is 11.8 Å². The normalized spacial score (nSPS) is 22.8. The second kappa shape index (κ2) is 5.19. The first kappa shape index (κ1) is 12.6. The van der Waals surface area contributed by atoms with Crippen LogP contribution in [-0.2, 0) is 0 Å². The third kappa shape index (κ3) is 2.38. The summed E-state index contributed by atoms with van der Waals surface area (Å²) in [5, 5.41) is 7.38. The van der Waals surface area contributed by atoms with Crippen molar-refractivity contribution in [1.82, 2.24) is 5.32 Å². The van der Waals surface area contributed by atoms with Gasteiger partial charge in [0.2, 0.25) is 0 Å². The van der Waals surface area contributed by atoms with E-state index in [1.807, 2.05) is 24.9 Å². The van der Waals surface area contributed by atoms with E-state index >= 15 is 0 Å². The zero-order chi connectivity index (χ0) is 12.4. The minimum Gasteiger partial charge on any atom is -0.495 e. The molecule has 0 bridgehead atoms. The van der Waals surface area contributed by atoms with Gasteiger partial charge in [0.05, 0.1) is 12.8 Å². The van der Waals surface area contributed by atoms with E-state index in [4.69, 9.17) is 4.74 Å².